The molecule has 0 aliphatic heterocycles. The van der Waals surface area contributed by atoms with Crippen molar-refractivity contribution in [1.82, 2.24) is 10.6 Å². The van der Waals surface area contributed by atoms with Crippen LogP contribution in [0.4, 0.5) is 4.79 Å². The number of carbonyl (C=O) groups excluding carboxylic acids is 1. The minimum atomic E-state index is -1.09. The first kappa shape index (κ1) is 13.8. The van der Waals surface area contributed by atoms with Gasteiger partial charge in [-0.1, -0.05) is 24.4 Å². The van der Waals surface area contributed by atoms with Gasteiger partial charge in [0.05, 0.1) is 0 Å². The highest BCUT2D eigenvalue weighted by atomic mass is 35.5. The number of halogens is 1. The second kappa shape index (κ2) is 5.91. The fourth-order valence-corrected chi connectivity index (χ4v) is 1.97. The lowest BCUT2D eigenvalue weighted by molar-refractivity contribution is -0.144. The summed E-state index contributed by atoms with van der Waals surface area (Å²) in [5.74, 6) is -0.963. The Balaban J connectivity index is 2.51. The Kier molecular flexibility index (Phi) is 4.81. The monoisotopic (exact) mass is 260 g/mol. The van der Waals surface area contributed by atoms with Gasteiger partial charge in [0, 0.05) is 12.1 Å². The molecule has 6 heteroatoms. The highest BCUT2D eigenvalue weighted by molar-refractivity contribution is 6.25. The molecule has 1 aliphatic rings. The molecule has 0 aromatic heterocycles. The Morgan fingerprint density at radius 3 is 2.47 bits per heavy atom. The van der Waals surface area contributed by atoms with E-state index < -0.39 is 17.5 Å². The Labute approximate surface area is 105 Å². The zero-order valence-corrected chi connectivity index (χ0v) is 10.5. The van der Waals surface area contributed by atoms with E-state index in [0.29, 0.717) is 19.4 Å². The molecule has 0 saturated heterocycles. The number of carboxylic acids is 1. The largest absolute Gasteiger partial charge is 0.480 e. The molecule has 0 radical (unpaired) electrons. The summed E-state index contributed by atoms with van der Waals surface area (Å²) in [7, 11) is 0. The van der Waals surface area contributed by atoms with E-state index in [0.717, 1.165) is 18.4 Å². The van der Waals surface area contributed by atoms with Crippen LogP contribution in [0.3, 0.4) is 0 Å². The molecule has 2 amide bonds. The van der Waals surface area contributed by atoms with Crippen LogP contribution in [0, 0.1) is 0 Å². The number of urea groups is 1. The third-order valence-corrected chi connectivity index (χ3v) is 3.31. The number of amides is 2. The number of carbonyl (C=O) groups is 2. The number of rotatable bonds is 4. The fraction of sp³-hybridized carbons (Fsp3) is 0.636. The van der Waals surface area contributed by atoms with Crippen molar-refractivity contribution in [2.24, 2.45) is 0 Å². The van der Waals surface area contributed by atoms with Gasteiger partial charge in [0.1, 0.15) is 5.54 Å². The average molecular weight is 261 g/mol. The molecule has 0 bridgehead atoms. The molecular weight excluding hydrogens is 244 g/mol. The molecule has 1 rings (SSSR count). The lowest BCUT2D eigenvalue weighted by Crippen LogP contribution is -2.55. The van der Waals surface area contributed by atoms with Crippen LogP contribution >= 0.6 is 11.6 Å². The van der Waals surface area contributed by atoms with Gasteiger partial charge in [0.15, 0.2) is 0 Å². The normalized spacial score (nSPS) is 18.8. The van der Waals surface area contributed by atoms with Crippen molar-refractivity contribution in [2.75, 3.05) is 6.54 Å². The van der Waals surface area contributed by atoms with Crippen LogP contribution in [-0.4, -0.2) is 29.2 Å². The SMILES string of the molecule is CC(=CCl)CNC(=O)NC1(C(=O)O)CCCC1. The van der Waals surface area contributed by atoms with Crippen molar-refractivity contribution in [1.29, 1.82) is 0 Å². The molecule has 0 spiro atoms. The zero-order valence-electron chi connectivity index (χ0n) is 9.75. The van der Waals surface area contributed by atoms with Crippen LogP contribution in [0.15, 0.2) is 11.1 Å². The van der Waals surface area contributed by atoms with Crippen molar-refractivity contribution < 1.29 is 14.7 Å². The summed E-state index contributed by atoms with van der Waals surface area (Å²) < 4.78 is 0. The van der Waals surface area contributed by atoms with Gasteiger partial charge in [0.2, 0.25) is 0 Å². The minimum absolute atomic E-state index is 0.311. The summed E-state index contributed by atoms with van der Waals surface area (Å²) >= 11 is 5.46. The predicted molar refractivity (Wildman–Crippen MR) is 65.0 cm³/mol. The van der Waals surface area contributed by atoms with Gasteiger partial charge in [-0.2, -0.15) is 0 Å². The van der Waals surface area contributed by atoms with E-state index in [1.165, 1.54) is 5.54 Å². The van der Waals surface area contributed by atoms with E-state index >= 15 is 0 Å². The van der Waals surface area contributed by atoms with E-state index in [1.807, 2.05) is 0 Å². The van der Waals surface area contributed by atoms with Crippen molar-refractivity contribution in [3.8, 4) is 0 Å². The molecule has 5 nitrogen and oxygen atoms in total. The molecule has 1 saturated carbocycles. The molecular formula is C11H17ClN2O3. The molecule has 1 aliphatic carbocycles. The van der Waals surface area contributed by atoms with E-state index in [1.54, 1.807) is 6.92 Å². The van der Waals surface area contributed by atoms with E-state index in [4.69, 9.17) is 16.7 Å². The van der Waals surface area contributed by atoms with E-state index in [2.05, 4.69) is 10.6 Å². The van der Waals surface area contributed by atoms with Crippen LogP contribution in [-0.2, 0) is 4.79 Å². The first-order chi connectivity index (χ1) is 8.00. The quantitative estimate of drug-likeness (QED) is 0.722. The van der Waals surface area contributed by atoms with Gasteiger partial charge in [-0.3, -0.25) is 0 Å². The molecule has 0 heterocycles. The van der Waals surface area contributed by atoms with Gasteiger partial charge in [-0.05, 0) is 25.3 Å². The summed E-state index contributed by atoms with van der Waals surface area (Å²) in [6.45, 7) is 2.08. The van der Waals surface area contributed by atoms with Crippen molar-refractivity contribution in [3.05, 3.63) is 11.1 Å². The van der Waals surface area contributed by atoms with E-state index in [-0.39, 0.29) is 0 Å². The van der Waals surface area contributed by atoms with Crippen molar-refractivity contribution >= 4 is 23.6 Å². The first-order valence-corrected chi connectivity index (χ1v) is 5.99. The summed E-state index contributed by atoms with van der Waals surface area (Å²) in [4.78, 5) is 22.8. The maximum atomic E-state index is 11.6. The Morgan fingerprint density at radius 1 is 1.41 bits per heavy atom. The minimum Gasteiger partial charge on any atom is -0.480 e. The number of nitrogens with one attached hydrogen (secondary N) is 2. The molecule has 3 N–H and O–H groups in total. The van der Waals surface area contributed by atoms with Gasteiger partial charge in [-0.25, -0.2) is 9.59 Å². The lowest BCUT2D eigenvalue weighted by atomic mass is 9.98. The van der Waals surface area contributed by atoms with Crippen molar-refractivity contribution in [2.45, 2.75) is 38.1 Å². The van der Waals surface area contributed by atoms with Gasteiger partial charge in [0.25, 0.3) is 0 Å². The maximum absolute atomic E-state index is 11.6. The molecule has 96 valence electrons. The Morgan fingerprint density at radius 2 is 2.00 bits per heavy atom. The molecule has 17 heavy (non-hydrogen) atoms. The average Bonchev–Trinajstić information content (AvgIpc) is 2.75. The lowest BCUT2D eigenvalue weighted by Gasteiger charge is -2.25. The smallest absolute Gasteiger partial charge is 0.329 e. The third kappa shape index (κ3) is 3.63. The van der Waals surface area contributed by atoms with Gasteiger partial charge >= 0.3 is 12.0 Å². The van der Waals surface area contributed by atoms with Crippen LogP contribution in [0.25, 0.3) is 0 Å². The molecule has 0 aromatic carbocycles. The molecule has 0 aromatic rings. The Hall–Kier alpha value is -1.23. The number of hydrogen-bond acceptors (Lipinski definition) is 2. The summed E-state index contributed by atoms with van der Waals surface area (Å²) in [5, 5.41) is 14.3. The zero-order chi connectivity index (χ0) is 12.9. The number of hydrogen-bond donors (Lipinski definition) is 3. The second-order valence-electron chi connectivity index (χ2n) is 4.36. The van der Waals surface area contributed by atoms with E-state index in [9.17, 15) is 9.59 Å². The highest BCUT2D eigenvalue weighted by Gasteiger charge is 2.42. The highest BCUT2D eigenvalue weighted by Crippen LogP contribution is 2.29. The van der Waals surface area contributed by atoms with Crippen LogP contribution < -0.4 is 10.6 Å². The third-order valence-electron chi connectivity index (χ3n) is 2.93. The molecule has 0 unspecified atom stereocenters. The second-order valence-corrected chi connectivity index (χ2v) is 4.58. The molecule has 0 atom stereocenters. The number of carboxylic acid groups (broad SMARTS) is 1. The van der Waals surface area contributed by atoms with Crippen LogP contribution in [0.5, 0.6) is 0 Å². The summed E-state index contributed by atoms with van der Waals surface area (Å²) in [5.41, 5.74) is 1.09. The fourth-order valence-electron chi connectivity index (χ4n) is 1.89. The standard InChI is InChI=1S/C11H17ClN2O3/c1-8(6-12)7-13-10(17)14-11(9(15)16)4-2-3-5-11/h6H,2-5,7H2,1H3,(H,15,16)(H2,13,14,17). The van der Waals surface area contributed by atoms with Crippen LogP contribution in [0.1, 0.15) is 32.6 Å². The first-order valence-electron chi connectivity index (χ1n) is 5.55. The van der Waals surface area contributed by atoms with Crippen molar-refractivity contribution in [3.63, 3.8) is 0 Å². The predicted octanol–water partition coefficient (Wildman–Crippen LogP) is 1.83. The Bertz CT molecular complexity index is 336. The summed E-state index contributed by atoms with van der Waals surface area (Å²) in [6.07, 6.45) is 2.63. The van der Waals surface area contributed by atoms with Crippen LogP contribution in [0.2, 0.25) is 0 Å². The van der Waals surface area contributed by atoms with Gasteiger partial charge in [-0.15, -0.1) is 0 Å². The molecule has 1 fully saturated rings. The van der Waals surface area contributed by atoms with Gasteiger partial charge < -0.3 is 15.7 Å². The topological polar surface area (TPSA) is 78.4 Å². The maximum Gasteiger partial charge on any atom is 0.329 e. The number of aliphatic carboxylic acids is 1. The summed E-state index contributed by atoms with van der Waals surface area (Å²) in [6, 6.07) is -0.466.